The predicted octanol–water partition coefficient (Wildman–Crippen LogP) is 6.88. The van der Waals surface area contributed by atoms with Crippen molar-refractivity contribution >= 4 is 18.9 Å². The Hall–Kier alpha value is -2.34. The van der Waals surface area contributed by atoms with Crippen molar-refractivity contribution in [1.82, 2.24) is 0 Å². The van der Waals surface area contributed by atoms with Crippen LogP contribution in [-0.2, 0) is 5.41 Å². The minimum absolute atomic E-state index is 0.0322. The summed E-state index contributed by atoms with van der Waals surface area (Å²) in [4.78, 5) is 0. The Morgan fingerprint density at radius 3 is 1.82 bits per heavy atom. The summed E-state index contributed by atoms with van der Waals surface area (Å²) in [5, 5.41) is 0.757. The second-order valence-corrected chi connectivity index (χ2v) is 7.69. The monoisotopic (exact) mass is 409 g/mol. The molecule has 1 heterocycles. The number of rotatable bonds is 2. The first-order valence-electron chi connectivity index (χ1n) is 8.70. The Bertz CT molecular complexity index is 898. The highest BCUT2D eigenvalue weighted by atomic mass is 35.5. The third kappa shape index (κ3) is 6.68. The standard InChI is InChI=1S/C21H21ClN.BF4/c1-21(2,3)20-15-17(16-7-5-4-6-8-16)13-14-23(20)19-11-9-18(22)10-12-19;2-1(3,4)5/h4-15H,1-3H3;/q+1;-1. The quantitative estimate of drug-likeness (QED) is 0.247. The molecule has 1 nitrogen and oxygen atoms in total. The van der Waals surface area contributed by atoms with Crippen molar-refractivity contribution in [2.24, 2.45) is 0 Å². The number of benzene rings is 2. The zero-order valence-electron chi connectivity index (χ0n) is 15.8. The van der Waals surface area contributed by atoms with Gasteiger partial charge in [-0.25, -0.2) is 0 Å². The van der Waals surface area contributed by atoms with Crippen molar-refractivity contribution in [3.63, 3.8) is 0 Å². The van der Waals surface area contributed by atoms with E-state index in [4.69, 9.17) is 11.6 Å². The van der Waals surface area contributed by atoms with E-state index < -0.39 is 7.25 Å². The van der Waals surface area contributed by atoms with E-state index in [0.29, 0.717) is 0 Å². The first-order valence-corrected chi connectivity index (χ1v) is 9.08. The van der Waals surface area contributed by atoms with Crippen LogP contribution in [0, 0.1) is 0 Å². The lowest BCUT2D eigenvalue weighted by atomic mass is 9.89. The molecule has 0 saturated heterocycles. The van der Waals surface area contributed by atoms with E-state index in [0.717, 1.165) is 10.7 Å². The summed E-state index contributed by atoms with van der Waals surface area (Å²) in [5.41, 5.74) is 4.90. The summed E-state index contributed by atoms with van der Waals surface area (Å²) in [6.07, 6.45) is 2.14. The van der Waals surface area contributed by atoms with Crippen LogP contribution in [0.2, 0.25) is 5.02 Å². The molecule has 0 saturated carbocycles. The van der Waals surface area contributed by atoms with E-state index in [9.17, 15) is 17.3 Å². The largest absolute Gasteiger partial charge is 0.673 e. The third-order valence-corrected chi connectivity index (χ3v) is 4.19. The molecule has 1 aromatic heterocycles. The Morgan fingerprint density at radius 1 is 0.786 bits per heavy atom. The van der Waals surface area contributed by atoms with Gasteiger partial charge in [0.15, 0.2) is 11.9 Å². The SMILES string of the molecule is CC(C)(C)c1cc(-c2ccccc2)cc[n+]1-c1ccc(Cl)cc1.F[B-](F)(F)F. The van der Waals surface area contributed by atoms with Gasteiger partial charge in [-0.1, -0.05) is 62.7 Å². The van der Waals surface area contributed by atoms with Crippen molar-refractivity contribution < 1.29 is 21.8 Å². The van der Waals surface area contributed by atoms with E-state index >= 15 is 0 Å². The Labute approximate surface area is 167 Å². The van der Waals surface area contributed by atoms with Gasteiger partial charge in [-0.05, 0) is 23.3 Å². The fourth-order valence-corrected chi connectivity index (χ4v) is 2.84. The summed E-state index contributed by atoms with van der Waals surface area (Å²) in [5.74, 6) is 0. The average Bonchev–Trinajstić information content (AvgIpc) is 2.61. The van der Waals surface area contributed by atoms with Crippen molar-refractivity contribution in [2.45, 2.75) is 26.2 Å². The van der Waals surface area contributed by atoms with Gasteiger partial charge in [0.2, 0.25) is 5.69 Å². The highest BCUT2D eigenvalue weighted by Gasteiger charge is 2.27. The van der Waals surface area contributed by atoms with Crippen LogP contribution in [0.5, 0.6) is 0 Å². The van der Waals surface area contributed by atoms with E-state index in [1.807, 2.05) is 18.2 Å². The minimum atomic E-state index is -6.00. The molecule has 0 amide bonds. The molecule has 0 N–H and O–H groups in total. The maximum absolute atomic E-state index is 9.75. The molecule has 3 aromatic rings. The van der Waals surface area contributed by atoms with Crippen LogP contribution in [0.1, 0.15) is 26.5 Å². The van der Waals surface area contributed by atoms with Gasteiger partial charge in [0.25, 0.3) is 0 Å². The maximum atomic E-state index is 9.75. The molecule has 0 aliphatic rings. The molecule has 0 radical (unpaired) electrons. The van der Waals surface area contributed by atoms with Crippen molar-refractivity contribution in [3.8, 4) is 16.8 Å². The van der Waals surface area contributed by atoms with Crippen LogP contribution in [0.3, 0.4) is 0 Å². The molecule has 0 unspecified atom stereocenters. The van der Waals surface area contributed by atoms with Gasteiger partial charge in [-0.2, -0.15) is 4.57 Å². The highest BCUT2D eigenvalue weighted by molar-refractivity contribution is 6.50. The highest BCUT2D eigenvalue weighted by Crippen LogP contribution is 2.26. The number of pyridine rings is 1. The van der Waals surface area contributed by atoms with Gasteiger partial charge >= 0.3 is 7.25 Å². The molecule has 0 fully saturated rings. The van der Waals surface area contributed by atoms with E-state index in [1.165, 1.54) is 16.8 Å². The molecule has 0 spiro atoms. The number of nitrogens with zero attached hydrogens (tertiary/aromatic N) is 1. The van der Waals surface area contributed by atoms with Crippen molar-refractivity contribution in [1.29, 1.82) is 0 Å². The maximum Gasteiger partial charge on any atom is 0.673 e. The van der Waals surface area contributed by atoms with E-state index in [-0.39, 0.29) is 5.41 Å². The first-order chi connectivity index (χ1) is 12.9. The predicted molar refractivity (Wildman–Crippen MR) is 107 cm³/mol. The minimum Gasteiger partial charge on any atom is -0.418 e. The van der Waals surface area contributed by atoms with Gasteiger partial charge in [0.05, 0.1) is 0 Å². The van der Waals surface area contributed by atoms with Gasteiger partial charge < -0.3 is 17.3 Å². The van der Waals surface area contributed by atoms with Crippen LogP contribution in [-0.4, -0.2) is 7.25 Å². The van der Waals surface area contributed by atoms with Gasteiger partial charge in [-0.15, -0.1) is 0 Å². The number of halogens is 5. The van der Waals surface area contributed by atoms with Gasteiger partial charge in [0.1, 0.15) is 0 Å². The molecule has 0 atom stereocenters. The smallest absolute Gasteiger partial charge is 0.418 e. The zero-order chi connectivity index (χ0) is 20.9. The molecule has 2 aromatic carbocycles. The molecule has 28 heavy (non-hydrogen) atoms. The van der Waals surface area contributed by atoms with Crippen LogP contribution in [0.15, 0.2) is 72.9 Å². The van der Waals surface area contributed by atoms with E-state index in [2.05, 4.69) is 80.1 Å². The van der Waals surface area contributed by atoms with Gasteiger partial charge in [0, 0.05) is 34.7 Å². The summed E-state index contributed by atoms with van der Waals surface area (Å²) < 4.78 is 41.2. The summed E-state index contributed by atoms with van der Waals surface area (Å²) in [6, 6.07) is 22.9. The molecule has 0 aliphatic heterocycles. The molecule has 148 valence electrons. The Balaban J connectivity index is 0.000000500. The number of hydrogen-bond donors (Lipinski definition) is 0. The van der Waals surface area contributed by atoms with Crippen LogP contribution >= 0.6 is 11.6 Å². The fraction of sp³-hybridized carbons (Fsp3) is 0.190. The summed E-state index contributed by atoms with van der Waals surface area (Å²) in [6.45, 7) is 6.72. The molecule has 7 heteroatoms. The van der Waals surface area contributed by atoms with Crippen LogP contribution in [0.25, 0.3) is 16.8 Å². The lowest BCUT2D eigenvalue weighted by Crippen LogP contribution is -2.40. The number of aromatic nitrogens is 1. The second kappa shape index (κ2) is 8.78. The zero-order valence-corrected chi connectivity index (χ0v) is 16.6. The van der Waals surface area contributed by atoms with Crippen LogP contribution in [0.4, 0.5) is 17.3 Å². The topological polar surface area (TPSA) is 3.88 Å². The first kappa shape index (κ1) is 22.0. The van der Waals surface area contributed by atoms with Crippen molar-refractivity contribution in [2.75, 3.05) is 0 Å². The average molecular weight is 410 g/mol. The molecule has 0 aliphatic carbocycles. The summed E-state index contributed by atoms with van der Waals surface area (Å²) >= 11 is 6.02. The van der Waals surface area contributed by atoms with Gasteiger partial charge in [-0.3, -0.25) is 0 Å². The third-order valence-electron chi connectivity index (χ3n) is 3.94. The summed E-state index contributed by atoms with van der Waals surface area (Å²) in [7, 11) is -6.00. The molecular weight excluding hydrogens is 388 g/mol. The molecule has 3 rings (SSSR count). The lowest BCUT2D eigenvalue weighted by Gasteiger charge is -2.17. The molecular formula is C21H21BClF4N. The fourth-order valence-electron chi connectivity index (χ4n) is 2.71. The number of hydrogen-bond acceptors (Lipinski definition) is 0. The second-order valence-electron chi connectivity index (χ2n) is 7.26. The normalized spacial score (nSPS) is 11.6. The van der Waals surface area contributed by atoms with Crippen molar-refractivity contribution in [3.05, 3.63) is 83.6 Å². The van der Waals surface area contributed by atoms with E-state index in [1.54, 1.807) is 0 Å². The Morgan fingerprint density at radius 2 is 1.32 bits per heavy atom. The molecule has 0 bridgehead atoms. The van der Waals surface area contributed by atoms with Crippen LogP contribution < -0.4 is 4.57 Å². The Kier molecular flexibility index (Phi) is 6.89. The lowest BCUT2D eigenvalue weighted by molar-refractivity contribution is -0.608.